The van der Waals surface area contributed by atoms with E-state index in [1.54, 1.807) is 0 Å². The van der Waals surface area contributed by atoms with E-state index in [-0.39, 0.29) is 18.6 Å². The molecule has 1 aromatic heterocycles. The zero-order valence-electron chi connectivity index (χ0n) is 15.0. The lowest BCUT2D eigenvalue weighted by Gasteiger charge is -2.33. The van der Waals surface area contributed by atoms with Crippen LogP contribution in [0.1, 0.15) is 68.6 Å². The van der Waals surface area contributed by atoms with Crippen molar-refractivity contribution in [3.8, 4) is 5.75 Å². The van der Waals surface area contributed by atoms with Crippen LogP contribution in [0.5, 0.6) is 5.75 Å². The van der Waals surface area contributed by atoms with Gasteiger partial charge in [-0.05, 0) is 44.2 Å². The number of benzene rings is 1. The average molecular weight is 355 g/mol. The normalized spacial score (nSPS) is 21.1. The Bertz CT molecular complexity index is 725. The predicted octanol–water partition coefficient (Wildman–Crippen LogP) is 3.86. The smallest absolute Gasteiger partial charge is 0.261 e. The van der Waals surface area contributed by atoms with Gasteiger partial charge in [0.15, 0.2) is 12.4 Å². The molecule has 1 aromatic carbocycles. The van der Waals surface area contributed by atoms with E-state index in [1.807, 2.05) is 35.2 Å². The quantitative estimate of drug-likeness (QED) is 0.814. The maximum atomic E-state index is 12.7. The molecule has 26 heavy (non-hydrogen) atoms. The van der Waals surface area contributed by atoms with E-state index in [0.717, 1.165) is 44.5 Å². The lowest BCUT2D eigenvalue weighted by molar-refractivity contribution is -0.137. The van der Waals surface area contributed by atoms with Crippen molar-refractivity contribution in [3.05, 3.63) is 42.0 Å². The van der Waals surface area contributed by atoms with E-state index in [1.165, 1.54) is 12.8 Å². The summed E-state index contributed by atoms with van der Waals surface area (Å²) < 4.78 is 11.2. The van der Waals surface area contributed by atoms with Crippen LogP contribution < -0.4 is 4.74 Å². The first-order valence-corrected chi connectivity index (χ1v) is 9.62. The first kappa shape index (κ1) is 17.1. The lowest BCUT2D eigenvalue weighted by atomic mass is 10.0. The number of nitrogens with zero attached hydrogens (tertiary/aromatic N) is 3. The average Bonchev–Trinajstić information content (AvgIpc) is 3.38. The van der Waals surface area contributed by atoms with E-state index >= 15 is 0 Å². The first-order chi connectivity index (χ1) is 12.8. The third kappa shape index (κ3) is 3.74. The molecule has 1 atom stereocenters. The van der Waals surface area contributed by atoms with Crippen LogP contribution in [0.4, 0.5) is 0 Å². The van der Waals surface area contributed by atoms with Crippen molar-refractivity contribution in [2.75, 3.05) is 13.2 Å². The zero-order valence-corrected chi connectivity index (χ0v) is 15.0. The van der Waals surface area contributed by atoms with Gasteiger partial charge in [-0.2, -0.15) is 4.98 Å². The van der Waals surface area contributed by atoms with Gasteiger partial charge in [0, 0.05) is 12.5 Å². The maximum absolute atomic E-state index is 12.7. The molecule has 2 heterocycles. The van der Waals surface area contributed by atoms with Crippen LogP contribution in [0.3, 0.4) is 0 Å². The minimum atomic E-state index is -0.102. The number of aromatic nitrogens is 2. The molecule has 2 aliphatic rings. The fourth-order valence-corrected chi connectivity index (χ4v) is 3.96. The number of ether oxygens (including phenoxy) is 1. The first-order valence-electron chi connectivity index (χ1n) is 9.62. The number of carbonyl (C=O) groups is 1. The van der Waals surface area contributed by atoms with Gasteiger partial charge in [-0.15, -0.1) is 0 Å². The number of hydrogen-bond donors (Lipinski definition) is 0. The molecule has 1 amide bonds. The highest BCUT2D eigenvalue weighted by molar-refractivity contribution is 5.78. The molecule has 1 saturated heterocycles. The number of piperidine rings is 1. The highest BCUT2D eigenvalue weighted by Crippen LogP contribution is 2.35. The lowest BCUT2D eigenvalue weighted by Crippen LogP contribution is -2.41. The minimum absolute atomic E-state index is 0.0224. The molecular formula is C20H25N3O3. The van der Waals surface area contributed by atoms with Gasteiger partial charge in [0.1, 0.15) is 5.75 Å². The van der Waals surface area contributed by atoms with Crippen LogP contribution in [-0.4, -0.2) is 34.1 Å². The summed E-state index contributed by atoms with van der Waals surface area (Å²) in [6, 6.07) is 9.32. The Labute approximate surface area is 153 Å². The van der Waals surface area contributed by atoms with Gasteiger partial charge >= 0.3 is 0 Å². The molecule has 0 radical (unpaired) electrons. The van der Waals surface area contributed by atoms with E-state index in [0.29, 0.717) is 17.5 Å². The molecule has 0 spiro atoms. The molecule has 138 valence electrons. The molecule has 1 aliphatic carbocycles. The fourth-order valence-electron chi connectivity index (χ4n) is 3.96. The molecule has 1 aliphatic heterocycles. The van der Waals surface area contributed by atoms with Crippen LogP contribution in [0.15, 0.2) is 34.9 Å². The fraction of sp³-hybridized carbons (Fsp3) is 0.550. The number of likely N-dealkylation sites (tertiary alicyclic amines) is 1. The van der Waals surface area contributed by atoms with E-state index < -0.39 is 0 Å². The van der Waals surface area contributed by atoms with Crippen molar-refractivity contribution >= 4 is 5.91 Å². The molecule has 6 heteroatoms. The van der Waals surface area contributed by atoms with Crippen molar-refractivity contribution in [3.63, 3.8) is 0 Å². The molecular weight excluding hydrogens is 330 g/mol. The highest BCUT2D eigenvalue weighted by atomic mass is 16.5. The monoisotopic (exact) mass is 355 g/mol. The summed E-state index contributed by atoms with van der Waals surface area (Å²) in [5.74, 6) is 2.48. The summed E-state index contributed by atoms with van der Waals surface area (Å²) in [4.78, 5) is 19.2. The van der Waals surface area contributed by atoms with Crippen LogP contribution in [-0.2, 0) is 4.79 Å². The summed E-state index contributed by atoms with van der Waals surface area (Å²) in [7, 11) is 0. The summed E-state index contributed by atoms with van der Waals surface area (Å²) >= 11 is 0. The summed E-state index contributed by atoms with van der Waals surface area (Å²) in [5, 5.41) is 4.21. The van der Waals surface area contributed by atoms with Gasteiger partial charge in [-0.25, -0.2) is 0 Å². The van der Waals surface area contributed by atoms with Crippen LogP contribution in [0.25, 0.3) is 0 Å². The van der Waals surface area contributed by atoms with Crippen molar-refractivity contribution in [2.24, 2.45) is 0 Å². The second-order valence-corrected chi connectivity index (χ2v) is 7.17. The van der Waals surface area contributed by atoms with Crippen molar-refractivity contribution in [1.29, 1.82) is 0 Å². The topological polar surface area (TPSA) is 68.5 Å². The molecule has 2 aromatic rings. The Morgan fingerprint density at radius 3 is 2.69 bits per heavy atom. The second-order valence-electron chi connectivity index (χ2n) is 7.17. The molecule has 6 nitrogen and oxygen atoms in total. The Kier molecular flexibility index (Phi) is 5.18. The Balaban J connectivity index is 1.43. The van der Waals surface area contributed by atoms with E-state index in [2.05, 4.69) is 10.1 Å². The summed E-state index contributed by atoms with van der Waals surface area (Å²) in [6.45, 7) is 0.753. The van der Waals surface area contributed by atoms with Gasteiger partial charge in [0.2, 0.25) is 5.89 Å². The Morgan fingerprint density at radius 1 is 1.12 bits per heavy atom. The van der Waals surface area contributed by atoms with Gasteiger partial charge in [0.05, 0.1) is 6.04 Å². The molecule has 4 rings (SSSR count). The van der Waals surface area contributed by atoms with Crippen molar-refractivity contribution < 1.29 is 14.1 Å². The predicted molar refractivity (Wildman–Crippen MR) is 95.7 cm³/mol. The van der Waals surface area contributed by atoms with Crippen LogP contribution >= 0.6 is 0 Å². The van der Waals surface area contributed by atoms with Crippen molar-refractivity contribution in [1.82, 2.24) is 15.0 Å². The number of carbonyl (C=O) groups excluding carboxylic acids is 1. The zero-order chi connectivity index (χ0) is 17.8. The second kappa shape index (κ2) is 7.89. The van der Waals surface area contributed by atoms with Gasteiger partial charge < -0.3 is 14.2 Å². The van der Waals surface area contributed by atoms with Gasteiger partial charge in [-0.1, -0.05) is 36.2 Å². The Morgan fingerprint density at radius 2 is 1.88 bits per heavy atom. The standard InChI is InChI=1S/C20H25N3O3/c24-18(14-25-16-10-2-1-3-11-16)23-13-7-6-12-17(23)19-21-20(26-22-19)15-8-4-5-9-15/h1-3,10-11,15,17H,4-9,12-14H2/t17-/m1/s1. The van der Waals surface area contributed by atoms with Crippen LogP contribution in [0, 0.1) is 0 Å². The van der Waals surface area contributed by atoms with Gasteiger partial charge in [-0.3, -0.25) is 4.79 Å². The number of rotatable bonds is 5. The highest BCUT2D eigenvalue weighted by Gasteiger charge is 2.33. The van der Waals surface area contributed by atoms with E-state index in [4.69, 9.17) is 9.26 Å². The third-order valence-corrected chi connectivity index (χ3v) is 5.39. The molecule has 1 saturated carbocycles. The molecule has 0 unspecified atom stereocenters. The van der Waals surface area contributed by atoms with E-state index in [9.17, 15) is 4.79 Å². The van der Waals surface area contributed by atoms with Crippen LogP contribution in [0.2, 0.25) is 0 Å². The SMILES string of the molecule is O=C(COc1ccccc1)N1CCCC[C@@H]1c1noc(C2CCCC2)n1. The molecule has 2 fully saturated rings. The third-order valence-electron chi connectivity index (χ3n) is 5.39. The largest absolute Gasteiger partial charge is 0.484 e. The summed E-state index contributed by atoms with van der Waals surface area (Å²) in [6.07, 6.45) is 7.66. The van der Waals surface area contributed by atoms with Crippen molar-refractivity contribution in [2.45, 2.75) is 56.9 Å². The summed E-state index contributed by atoms with van der Waals surface area (Å²) in [5.41, 5.74) is 0. The maximum Gasteiger partial charge on any atom is 0.261 e. The number of hydrogen-bond acceptors (Lipinski definition) is 5. The molecule has 0 N–H and O–H groups in total. The molecule has 0 bridgehead atoms. The van der Waals surface area contributed by atoms with Gasteiger partial charge in [0.25, 0.3) is 5.91 Å². The minimum Gasteiger partial charge on any atom is -0.484 e. The Hall–Kier alpha value is -2.37. The number of para-hydroxylation sites is 1. The number of amides is 1.